The molecule has 4 rings (SSSR count). The summed E-state index contributed by atoms with van der Waals surface area (Å²) in [5, 5.41) is 8.24. The lowest BCUT2D eigenvalue weighted by atomic mass is 9.97. The highest BCUT2D eigenvalue weighted by Gasteiger charge is 2.58. The van der Waals surface area contributed by atoms with Gasteiger partial charge in [-0.15, -0.1) is 0 Å². The maximum absolute atomic E-state index is 13.2. The number of hydrazine groups is 1. The van der Waals surface area contributed by atoms with Crippen molar-refractivity contribution in [3.63, 3.8) is 0 Å². The summed E-state index contributed by atoms with van der Waals surface area (Å²) in [6.45, 7) is 1.37. The topological polar surface area (TPSA) is 112 Å². The van der Waals surface area contributed by atoms with E-state index in [1.165, 1.54) is 14.0 Å². The third-order valence-electron chi connectivity index (χ3n) is 5.41. The molecule has 0 radical (unpaired) electrons. The van der Waals surface area contributed by atoms with E-state index in [9.17, 15) is 35.9 Å². The van der Waals surface area contributed by atoms with Gasteiger partial charge in [-0.25, -0.2) is 9.97 Å². The van der Waals surface area contributed by atoms with E-state index in [0.29, 0.717) is 29.5 Å². The number of hydrogen-bond donors (Lipinski definition) is 1. The van der Waals surface area contributed by atoms with Crippen LogP contribution >= 0.6 is 23.2 Å². The average Bonchev–Trinajstić information content (AvgIpc) is 3.36. The van der Waals surface area contributed by atoms with Crippen molar-refractivity contribution < 1.29 is 40.8 Å². The summed E-state index contributed by atoms with van der Waals surface area (Å²) in [6.07, 6.45) is -9.75. The number of rotatable bonds is 5. The van der Waals surface area contributed by atoms with Gasteiger partial charge in [-0.1, -0.05) is 28.4 Å². The van der Waals surface area contributed by atoms with Gasteiger partial charge in [-0.2, -0.15) is 36.5 Å². The molecule has 1 saturated heterocycles. The first-order valence-electron chi connectivity index (χ1n) is 10.2. The Balaban J connectivity index is 1.53. The molecule has 2 aromatic rings. The highest BCUT2D eigenvalue weighted by molar-refractivity contribution is 6.47. The third-order valence-corrected chi connectivity index (χ3v) is 5.98. The van der Waals surface area contributed by atoms with Gasteiger partial charge < -0.3 is 4.84 Å². The average molecular weight is 584 g/mol. The highest BCUT2D eigenvalue weighted by Crippen LogP contribution is 2.37. The molecule has 2 aliphatic heterocycles. The van der Waals surface area contributed by atoms with E-state index in [-0.39, 0.29) is 28.1 Å². The molecule has 202 valence electrons. The SMILES string of the molecule is CC(=NNc1ncc(C(F)(F)F)cc1Cl)C1=NOC2C(=O)N(N(C)c3ncc(C(F)(F)F)cc3Cl)C(=O)C12. The van der Waals surface area contributed by atoms with Crippen LogP contribution in [-0.4, -0.2) is 51.4 Å². The van der Waals surface area contributed by atoms with Crippen LogP contribution in [0.5, 0.6) is 0 Å². The quantitative estimate of drug-likeness (QED) is 0.240. The van der Waals surface area contributed by atoms with Crippen molar-refractivity contribution in [3.8, 4) is 0 Å². The smallest absolute Gasteiger partial charge is 0.381 e. The standard InChI is InChI=1S/C20H13Cl2F6N7O3/c1-7(31-32-15-10(21)3-8(5-29-15)19(23,24)25)13-12-14(38-33-13)18(37)35(17(12)36)34(2)16-11(22)4-9(6-30-16)20(26,27)28/h3-6,12,14H,1-2H3,(H,29,32). The van der Waals surface area contributed by atoms with Gasteiger partial charge in [0.2, 0.25) is 6.10 Å². The first kappa shape index (κ1) is 27.4. The van der Waals surface area contributed by atoms with E-state index in [1.807, 2.05) is 0 Å². The van der Waals surface area contributed by atoms with E-state index in [4.69, 9.17) is 28.0 Å². The van der Waals surface area contributed by atoms with Gasteiger partial charge >= 0.3 is 12.4 Å². The van der Waals surface area contributed by atoms with E-state index >= 15 is 0 Å². The number of amides is 2. The summed E-state index contributed by atoms with van der Waals surface area (Å²) in [4.78, 5) is 38.4. The number of imide groups is 1. The maximum Gasteiger partial charge on any atom is 0.417 e. The predicted molar refractivity (Wildman–Crippen MR) is 121 cm³/mol. The van der Waals surface area contributed by atoms with Crippen LogP contribution in [0.25, 0.3) is 0 Å². The number of nitrogens with zero attached hydrogens (tertiary/aromatic N) is 6. The first-order valence-corrected chi connectivity index (χ1v) is 11.0. The maximum atomic E-state index is 13.2. The fourth-order valence-electron chi connectivity index (χ4n) is 3.54. The van der Waals surface area contributed by atoms with Crippen molar-refractivity contribution in [1.82, 2.24) is 15.0 Å². The number of nitrogens with one attached hydrogen (secondary N) is 1. The summed E-state index contributed by atoms with van der Waals surface area (Å²) in [5.74, 6) is -3.59. The minimum absolute atomic E-state index is 0.00612. The summed E-state index contributed by atoms with van der Waals surface area (Å²) in [6, 6.07) is 1.24. The summed E-state index contributed by atoms with van der Waals surface area (Å²) in [5.41, 5.74) is 0.0691. The molecule has 2 aliphatic rings. The van der Waals surface area contributed by atoms with Gasteiger partial charge in [0.05, 0.1) is 26.9 Å². The van der Waals surface area contributed by atoms with Crippen LogP contribution in [0, 0.1) is 5.92 Å². The minimum Gasteiger partial charge on any atom is -0.381 e. The van der Waals surface area contributed by atoms with E-state index in [0.717, 1.165) is 5.01 Å². The van der Waals surface area contributed by atoms with Gasteiger partial charge in [0.25, 0.3) is 11.8 Å². The zero-order valence-electron chi connectivity index (χ0n) is 18.9. The molecule has 0 bridgehead atoms. The number of oxime groups is 1. The minimum atomic E-state index is -4.71. The van der Waals surface area contributed by atoms with Crippen molar-refractivity contribution in [3.05, 3.63) is 45.7 Å². The Morgan fingerprint density at radius 3 is 2.16 bits per heavy atom. The monoisotopic (exact) mass is 583 g/mol. The molecule has 0 saturated carbocycles. The Kier molecular flexibility index (Phi) is 6.90. The molecule has 4 heterocycles. The lowest BCUT2D eigenvalue weighted by molar-refractivity contribution is -0.143. The Bertz CT molecular complexity index is 1380. The molecule has 2 aromatic heterocycles. The molecule has 0 aromatic carbocycles. The van der Waals surface area contributed by atoms with Crippen molar-refractivity contribution in [2.45, 2.75) is 25.4 Å². The number of hydrazone groups is 1. The van der Waals surface area contributed by atoms with Crippen LogP contribution in [0.4, 0.5) is 38.0 Å². The van der Waals surface area contributed by atoms with Gasteiger partial charge in [-0.3, -0.25) is 20.0 Å². The van der Waals surface area contributed by atoms with Crippen molar-refractivity contribution in [2.75, 3.05) is 17.5 Å². The molecule has 38 heavy (non-hydrogen) atoms. The largest absolute Gasteiger partial charge is 0.417 e. The molecular weight excluding hydrogens is 571 g/mol. The number of carbonyl (C=O) groups is 2. The summed E-state index contributed by atoms with van der Waals surface area (Å²) < 4.78 is 77.2. The summed E-state index contributed by atoms with van der Waals surface area (Å²) in [7, 11) is 1.19. The highest BCUT2D eigenvalue weighted by atomic mass is 35.5. The zero-order valence-corrected chi connectivity index (χ0v) is 20.4. The molecule has 2 amide bonds. The van der Waals surface area contributed by atoms with Crippen LogP contribution < -0.4 is 10.4 Å². The fourth-order valence-corrected chi connectivity index (χ4v) is 4.04. The fraction of sp³-hybridized carbons (Fsp3) is 0.300. The Morgan fingerprint density at radius 1 is 1.03 bits per heavy atom. The second-order valence-corrected chi connectivity index (χ2v) is 8.69. The van der Waals surface area contributed by atoms with Gasteiger partial charge in [-0.05, 0) is 19.1 Å². The number of carbonyl (C=O) groups excluding carboxylic acids is 2. The van der Waals surface area contributed by atoms with Crippen molar-refractivity contribution in [1.29, 1.82) is 0 Å². The van der Waals surface area contributed by atoms with E-state index in [1.54, 1.807) is 0 Å². The number of aromatic nitrogens is 2. The Labute approximate surface area is 218 Å². The molecule has 0 aliphatic carbocycles. The van der Waals surface area contributed by atoms with Crippen LogP contribution in [0.1, 0.15) is 18.1 Å². The second-order valence-electron chi connectivity index (χ2n) is 7.88. The van der Waals surface area contributed by atoms with Gasteiger partial charge in [0.15, 0.2) is 11.6 Å². The number of hydrogen-bond acceptors (Lipinski definition) is 9. The van der Waals surface area contributed by atoms with Crippen LogP contribution in [0.15, 0.2) is 34.8 Å². The van der Waals surface area contributed by atoms with Crippen molar-refractivity contribution >= 4 is 58.1 Å². The molecule has 1 N–H and O–H groups in total. The Hall–Kier alpha value is -3.66. The number of halogens is 8. The lowest BCUT2D eigenvalue weighted by Gasteiger charge is -2.28. The number of pyridine rings is 2. The molecule has 2 unspecified atom stereocenters. The molecule has 1 fully saturated rings. The molecule has 18 heteroatoms. The normalized spacial score (nSPS) is 19.9. The van der Waals surface area contributed by atoms with E-state index in [2.05, 4.69) is 25.7 Å². The van der Waals surface area contributed by atoms with Crippen molar-refractivity contribution in [2.24, 2.45) is 16.2 Å². The first-order chi connectivity index (χ1) is 17.6. The number of alkyl halides is 6. The zero-order chi connectivity index (χ0) is 28.2. The molecular formula is C20H13Cl2F6N7O3. The lowest BCUT2D eigenvalue weighted by Crippen LogP contribution is -2.46. The number of fused-ring (bicyclic) bond motifs is 1. The van der Waals surface area contributed by atoms with Crippen LogP contribution in [0.3, 0.4) is 0 Å². The number of anilines is 2. The molecule has 10 nitrogen and oxygen atoms in total. The summed E-state index contributed by atoms with van der Waals surface area (Å²) >= 11 is 11.8. The second kappa shape index (κ2) is 9.58. The van der Waals surface area contributed by atoms with Gasteiger partial charge in [0.1, 0.15) is 11.6 Å². The predicted octanol–water partition coefficient (Wildman–Crippen LogP) is 4.40. The molecule has 2 atom stereocenters. The molecule has 0 spiro atoms. The van der Waals surface area contributed by atoms with E-state index < -0.39 is 52.3 Å². The van der Waals surface area contributed by atoms with Crippen LogP contribution in [0.2, 0.25) is 10.0 Å². The Morgan fingerprint density at radius 2 is 1.61 bits per heavy atom. The van der Waals surface area contributed by atoms with Crippen LogP contribution in [-0.2, 0) is 26.8 Å². The third kappa shape index (κ3) is 4.92. The van der Waals surface area contributed by atoms with Gasteiger partial charge in [0, 0.05) is 19.4 Å².